The Kier molecular flexibility index (Phi) is 3.96. The van der Waals surface area contributed by atoms with Crippen molar-refractivity contribution in [3.8, 4) is 0 Å². The number of rotatable bonds is 5. The van der Waals surface area contributed by atoms with Gasteiger partial charge in [0, 0.05) is 20.0 Å². The Morgan fingerprint density at radius 3 is 2.67 bits per heavy atom. The van der Waals surface area contributed by atoms with Crippen molar-refractivity contribution in [2.24, 2.45) is 0 Å². The van der Waals surface area contributed by atoms with Gasteiger partial charge in [-0.2, -0.15) is 0 Å². The molecule has 1 saturated carbocycles. The molecule has 1 amide bonds. The highest BCUT2D eigenvalue weighted by atomic mass is 32.2. The maximum atomic E-state index is 12.4. The number of hydrogen-bond donors (Lipinski definition) is 1. The molecular formula is C15H18N4OS. The van der Waals surface area contributed by atoms with Crippen molar-refractivity contribution in [3.05, 3.63) is 41.7 Å². The fourth-order valence-corrected chi connectivity index (χ4v) is 3.14. The summed E-state index contributed by atoms with van der Waals surface area (Å²) in [6.45, 7) is 0. The fourth-order valence-electron chi connectivity index (χ4n) is 2.08. The molecule has 1 atom stereocenters. The van der Waals surface area contributed by atoms with Crippen molar-refractivity contribution in [1.82, 2.24) is 20.1 Å². The van der Waals surface area contributed by atoms with Crippen molar-refractivity contribution in [1.29, 1.82) is 0 Å². The van der Waals surface area contributed by atoms with Gasteiger partial charge in [0.2, 0.25) is 11.1 Å². The van der Waals surface area contributed by atoms with Crippen LogP contribution >= 0.6 is 11.8 Å². The first-order valence-corrected chi connectivity index (χ1v) is 7.88. The van der Waals surface area contributed by atoms with Crippen LogP contribution in [-0.4, -0.2) is 40.1 Å². The van der Waals surface area contributed by atoms with Crippen molar-refractivity contribution >= 4 is 17.7 Å². The Labute approximate surface area is 128 Å². The zero-order valence-corrected chi connectivity index (χ0v) is 12.9. The monoisotopic (exact) mass is 302 g/mol. The molecule has 3 rings (SSSR count). The van der Waals surface area contributed by atoms with Gasteiger partial charge in [0.15, 0.2) is 0 Å². The standard InChI is InChI=1S/C15H18N4OS/c1-19(2)14(20)12(10-6-4-3-5-7-10)21-15-16-13(17-18-15)11-8-9-11/h3-7,11-12H,8-9H2,1-2H3,(H,16,17,18). The van der Waals surface area contributed by atoms with Gasteiger partial charge in [0.25, 0.3) is 0 Å². The van der Waals surface area contributed by atoms with Crippen LogP contribution in [0.2, 0.25) is 0 Å². The zero-order chi connectivity index (χ0) is 14.8. The molecule has 1 fully saturated rings. The van der Waals surface area contributed by atoms with E-state index in [9.17, 15) is 4.79 Å². The molecule has 0 radical (unpaired) electrons. The van der Waals surface area contributed by atoms with E-state index in [0.717, 1.165) is 11.4 Å². The van der Waals surface area contributed by atoms with Gasteiger partial charge in [-0.05, 0) is 18.4 Å². The minimum absolute atomic E-state index is 0.0453. The molecule has 1 aromatic heterocycles. The topological polar surface area (TPSA) is 61.9 Å². The molecule has 21 heavy (non-hydrogen) atoms. The zero-order valence-electron chi connectivity index (χ0n) is 12.1. The number of carbonyl (C=O) groups is 1. The highest BCUT2D eigenvalue weighted by molar-refractivity contribution is 8.00. The minimum Gasteiger partial charge on any atom is -0.348 e. The third-order valence-electron chi connectivity index (χ3n) is 3.44. The van der Waals surface area contributed by atoms with Gasteiger partial charge in [-0.3, -0.25) is 9.89 Å². The summed E-state index contributed by atoms with van der Waals surface area (Å²) in [6, 6.07) is 9.77. The van der Waals surface area contributed by atoms with Crippen LogP contribution in [0.15, 0.2) is 35.5 Å². The van der Waals surface area contributed by atoms with Crippen LogP contribution in [0, 0.1) is 0 Å². The molecule has 2 aromatic rings. The van der Waals surface area contributed by atoms with E-state index in [-0.39, 0.29) is 11.2 Å². The van der Waals surface area contributed by atoms with Crippen LogP contribution < -0.4 is 0 Å². The predicted octanol–water partition coefficient (Wildman–Crippen LogP) is 2.60. The summed E-state index contributed by atoms with van der Waals surface area (Å²) < 4.78 is 0. The number of nitrogens with one attached hydrogen (secondary N) is 1. The van der Waals surface area contributed by atoms with Crippen LogP contribution in [0.5, 0.6) is 0 Å². The van der Waals surface area contributed by atoms with Crippen molar-refractivity contribution in [2.75, 3.05) is 14.1 Å². The number of nitrogens with zero attached hydrogens (tertiary/aromatic N) is 3. The van der Waals surface area contributed by atoms with Gasteiger partial charge in [-0.25, -0.2) is 4.98 Å². The second-order valence-corrected chi connectivity index (χ2v) is 6.49. The third kappa shape index (κ3) is 3.26. The molecule has 0 aliphatic heterocycles. The van der Waals surface area contributed by atoms with Crippen molar-refractivity contribution in [3.63, 3.8) is 0 Å². The summed E-state index contributed by atoms with van der Waals surface area (Å²) in [4.78, 5) is 18.6. The number of hydrogen-bond acceptors (Lipinski definition) is 4. The van der Waals surface area contributed by atoms with Crippen LogP contribution in [0.4, 0.5) is 0 Å². The smallest absolute Gasteiger partial charge is 0.240 e. The number of amides is 1. The normalized spacial score (nSPS) is 15.7. The molecule has 0 bridgehead atoms. The molecule has 1 heterocycles. The molecule has 1 aromatic carbocycles. The van der Waals surface area contributed by atoms with Crippen LogP contribution in [0.3, 0.4) is 0 Å². The van der Waals surface area contributed by atoms with E-state index in [1.807, 2.05) is 30.3 Å². The van der Waals surface area contributed by atoms with Gasteiger partial charge in [0.05, 0.1) is 0 Å². The third-order valence-corrected chi connectivity index (χ3v) is 4.54. The lowest BCUT2D eigenvalue weighted by Gasteiger charge is -2.19. The molecule has 6 heteroatoms. The van der Waals surface area contributed by atoms with Gasteiger partial charge in [-0.1, -0.05) is 42.1 Å². The molecule has 5 nitrogen and oxygen atoms in total. The largest absolute Gasteiger partial charge is 0.348 e. The SMILES string of the molecule is CN(C)C(=O)C(Sc1n[nH]c(C2CC2)n1)c1ccccc1. The highest BCUT2D eigenvalue weighted by Gasteiger charge is 2.29. The first-order valence-electron chi connectivity index (χ1n) is 7.00. The second kappa shape index (κ2) is 5.89. The predicted molar refractivity (Wildman–Crippen MR) is 82.1 cm³/mol. The lowest BCUT2D eigenvalue weighted by Crippen LogP contribution is -2.26. The minimum atomic E-state index is -0.316. The first-order chi connectivity index (χ1) is 10.1. The van der Waals surface area contributed by atoms with E-state index >= 15 is 0 Å². The van der Waals surface area contributed by atoms with E-state index in [0.29, 0.717) is 11.1 Å². The second-order valence-electron chi connectivity index (χ2n) is 5.42. The van der Waals surface area contributed by atoms with E-state index in [1.165, 1.54) is 24.6 Å². The molecule has 0 spiro atoms. The lowest BCUT2D eigenvalue weighted by atomic mass is 10.1. The summed E-state index contributed by atoms with van der Waals surface area (Å²) in [5.74, 6) is 1.53. The van der Waals surface area contributed by atoms with Gasteiger partial charge >= 0.3 is 0 Å². The Balaban J connectivity index is 1.82. The Hall–Kier alpha value is -1.82. The molecule has 1 aliphatic rings. The van der Waals surface area contributed by atoms with Crippen LogP contribution in [-0.2, 0) is 4.79 Å². The first kappa shape index (κ1) is 14.1. The average Bonchev–Trinajstić information content (AvgIpc) is 3.24. The fraction of sp³-hybridized carbons (Fsp3) is 0.400. The summed E-state index contributed by atoms with van der Waals surface area (Å²) in [7, 11) is 3.54. The summed E-state index contributed by atoms with van der Waals surface area (Å²) in [5.41, 5.74) is 0.971. The number of aromatic amines is 1. The Morgan fingerprint density at radius 2 is 2.05 bits per heavy atom. The lowest BCUT2D eigenvalue weighted by molar-refractivity contribution is -0.128. The summed E-state index contributed by atoms with van der Waals surface area (Å²) in [5, 5.41) is 7.55. The molecule has 1 N–H and O–H groups in total. The van der Waals surface area contributed by atoms with Gasteiger partial charge in [0.1, 0.15) is 11.1 Å². The Morgan fingerprint density at radius 1 is 1.33 bits per heavy atom. The van der Waals surface area contributed by atoms with E-state index in [1.54, 1.807) is 19.0 Å². The van der Waals surface area contributed by atoms with Crippen LogP contribution in [0.25, 0.3) is 0 Å². The average molecular weight is 302 g/mol. The quantitative estimate of drug-likeness (QED) is 0.862. The molecular weight excluding hydrogens is 284 g/mol. The van der Waals surface area contributed by atoms with E-state index in [4.69, 9.17) is 0 Å². The van der Waals surface area contributed by atoms with Gasteiger partial charge in [-0.15, -0.1) is 5.10 Å². The Bertz CT molecular complexity index is 622. The summed E-state index contributed by atoms with van der Waals surface area (Å²) in [6.07, 6.45) is 2.36. The maximum Gasteiger partial charge on any atom is 0.240 e. The van der Waals surface area contributed by atoms with E-state index in [2.05, 4.69) is 15.2 Å². The van der Waals surface area contributed by atoms with Crippen molar-refractivity contribution < 1.29 is 4.79 Å². The highest BCUT2D eigenvalue weighted by Crippen LogP contribution is 2.40. The molecule has 110 valence electrons. The van der Waals surface area contributed by atoms with Crippen molar-refractivity contribution in [2.45, 2.75) is 29.2 Å². The number of aromatic nitrogens is 3. The number of thioether (sulfide) groups is 1. The van der Waals surface area contributed by atoms with E-state index < -0.39 is 0 Å². The number of H-pyrrole nitrogens is 1. The van der Waals surface area contributed by atoms with Gasteiger partial charge < -0.3 is 4.90 Å². The molecule has 1 unspecified atom stereocenters. The number of likely N-dealkylation sites (N-methyl/N-ethyl adjacent to an activating group) is 1. The molecule has 1 aliphatic carbocycles. The number of benzene rings is 1. The number of carbonyl (C=O) groups excluding carboxylic acids is 1. The maximum absolute atomic E-state index is 12.4. The summed E-state index contributed by atoms with van der Waals surface area (Å²) >= 11 is 1.40. The molecule has 0 saturated heterocycles. The van der Waals surface area contributed by atoms with Crippen LogP contribution in [0.1, 0.15) is 35.4 Å².